The van der Waals surface area contributed by atoms with Crippen LogP contribution in [0, 0.1) is 0 Å². The zero-order valence-electron chi connectivity index (χ0n) is 11.5. The van der Waals surface area contributed by atoms with Crippen LogP contribution in [0.25, 0.3) is 0 Å². The third kappa shape index (κ3) is 1.99. The van der Waals surface area contributed by atoms with Gasteiger partial charge in [-0.05, 0) is 19.3 Å². The second-order valence-corrected chi connectivity index (χ2v) is 5.15. The van der Waals surface area contributed by atoms with Crippen LogP contribution < -0.4 is 9.47 Å². The molecule has 1 heterocycles. The van der Waals surface area contributed by atoms with E-state index in [2.05, 4.69) is 4.99 Å². The Bertz CT molecular complexity index is 559. The van der Waals surface area contributed by atoms with E-state index >= 15 is 0 Å². The van der Waals surface area contributed by atoms with Crippen molar-refractivity contribution in [3.8, 4) is 11.5 Å². The summed E-state index contributed by atoms with van der Waals surface area (Å²) in [5, 5.41) is 0. The first-order valence-electron chi connectivity index (χ1n) is 6.81. The molecule has 0 saturated heterocycles. The van der Waals surface area contributed by atoms with Gasteiger partial charge in [0.15, 0.2) is 11.5 Å². The van der Waals surface area contributed by atoms with Crippen LogP contribution in [0.5, 0.6) is 11.5 Å². The number of methoxy groups -OCH3 is 1. The molecule has 0 unspecified atom stereocenters. The molecule has 5 nitrogen and oxygen atoms in total. The molecule has 1 saturated carbocycles. The lowest BCUT2D eigenvalue weighted by atomic mass is 9.71. The van der Waals surface area contributed by atoms with E-state index in [9.17, 15) is 4.79 Å². The van der Waals surface area contributed by atoms with Gasteiger partial charge in [0, 0.05) is 18.2 Å². The molecule has 2 aliphatic rings. The van der Waals surface area contributed by atoms with Crippen LogP contribution in [-0.4, -0.2) is 26.4 Å². The van der Waals surface area contributed by atoms with Crippen LogP contribution in [-0.2, 0) is 21.7 Å². The summed E-state index contributed by atoms with van der Waals surface area (Å²) in [6, 6.07) is 3.94. The van der Waals surface area contributed by atoms with Gasteiger partial charge in [0.25, 0.3) is 0 Å². The lowest BCUT2D eigenvalue weighted by Gasteiger charge is -2.39. The van der Waals surface area contributed by atoms with Crippen molar-refractivity contribution in [1.29, 1.82) is 0 Å². The summed E-state index contributed by atoms with van der Waals surface area (Å²) in [4.78, 5) is 14.8. The van der Waals surface area contributed by atoms with Crippen LogP contribution in [0.4, 0.5) is 0 Å². The number of nitrogens with zero attached hydrogens (tertiary/aromatic N) is 1. The van der Waals surface area contributed by atoms with Crippen molar-refractivity contribution >= 4 is 6.08 Å². The average molecular weight is 275 g/mol. The van der Waals surface area contributed by atoms with Crippen LogP contribution in [0.2, 0.25) is 0 Å². The molecular weight excluding hydrogens is 258 g/mol. The third-order valence-electron chi connectivity index (χ3n) is 4.01. The molecule has 106 valence electrons. The van der Waals surface area contributed by atoms with Gasteiger partial charge < -0.3 is 14.2 Å². The fourth-order valence-electron chi connectivity index (χ4n) is 2.87. The lowest BCUT2D eigenvalue weighted by Crippen LogP contribution is -2.33. The van der Waals surface area contributed by atoms with Crippen LogP contribution in [0.15, 0.2) is 17.1 Å². The molecule has 0 spiro atoms. The van der Waals surface area contributed by atoms with Gasteiger partial charge in [-0.1, -0.05) is 12.1 Å². The van der Waals surface area contributed by atoms with Gasteiger partial charge in [0.1, 0.15) is 18.8 Å². The molecule has 0 bridgehead atoms. The predicted octanol–water partition coefficient (Wildman–Crippen LogP) is 2.32. The highest BCUT2D eigenvalue weighted by molar-refractivity contribution is 5.56. The number of aliphatic imine (C=N–C) groups is 1. The van der Waals surface area contributed by atoms with E-state index in [-0.39, 0.29) is 0 Å². The van der Waals surface area contributed by atoms with Crippen molar-refractivity contribution < 1.29 is 19.0 Å². The van der Waals surface area contributed by atoms with E-state index in [1.807, 2.05) is 12.1 Å². The van der Waals surface area contributed by atoms with Gasteiger partial charge in [0.2, 0.25) is 6.08 Å². The monoisotopic (exact) mass is 275 g/mol. The minimum absolute atomic E-state index is 0.468. The number of hydrogen-bond acceptors (Lipinski definition) is 5. The zero-order chi connectivity index (χ0) is 14.0. The van der Waals surface area contributed by atoms with Crippen molar-refractivity contribution in [2.45, 2.75) is 31.4 Å². The molecule has 0 atom stereocenters. The molecule has 0 N–H and O–H groups in total. The Morgan fingerprint density at radius 3 is 2.65 bits per heavy atom. The number of benzene rings is 1. The molecule has 0 radical (unpaired) electrons. The number of ether oxygens (including phenoxy) is 3. The summed E-state index contributed by atoms with van der Waals surface area (Å²) in [5.74, 6) is 1.44. The van der Waals surface area contributed by atoms with E-state index in [1.54, 1.807) is 13.2 Å². The number of isocyanates is 1. The highest BCUT2D eigenvalue weighted by Gasteiger charge is 2.42. The fraction of sp³-hybridized carbons (Fsp3) is 0.533. The number of hydrogen-bond donors (Lipinski definition) is 0. The average Bonchev–Trinajstić information content (AvgIpc) is 2.44. The molecule has 1 aliphatic carbocycles. The van der Waals surface area contributed by atoms with Gasteiger partial charge in [-0.2, -0.15) is 4.99 Å². The van der Waals surface area contributed by atoms with E-state index in [1.165, 1.54) is 0 Å². The van der Waals surface area contributed by atoms with Crippen molar-refractivity contribution in [2.75, 3.05) is 20.3 Å². The minimum atomic E-state index is -0.474. The maximum Gasteiger partial charge on any atom is 0.235 e. The predicted molar refractivity (Wildman–Crippen MR) is 71.8 cm³/mol. The number of fused-ring (bicyclic) bond motifs is 1. The van der Waals surface area contributed by atoms with Gasteiger partial charge in [-0.15, -0.1) is 0 Å². The van der Waals surface area contributed by atoms with Gasteiger partial charge in [-0.25, -0.2) is 4.79 Å². The first-order chi connectivity index (χ1) is 9.80. The van der Waals surface area contributed by atoms with Crippen LogP contribution in [0.3, 0.4) is 0 Å². The Balaban J connectivity index is 2.10. The molecule has 0 amide bonds. The maximum absolute atomic E-state index is 10.7. The quantitative estimate of drug-likeness (QED) is 0.625. The van der Waals surface area contributed by atoms with Crippen molar-refractivity contribution in [1.82, 2.24) is 0 Å². The molecule has 1 aliphatic heterocycles. The summed E-state index contributed by atoms with van der Waals surface area (Å²) in [6.45, 7) is 1.50. The Labute approximate surface area is 117 Å². The van der Waals surface area contributed by atoms with Gasteiger partial charge >= 0.3 is 0 Å². The summed E-state index contributed by atoms with van der Waals surface area (Å²) in [6.07, 6.45) is 4.46. The summed E-state index contributed by atoms with van der Waals surface area (Å²) < 4.78 is 16.7. The highest BCUT2D eigenvalue weighted by atomic mass is 16.6. The summed E-state index contributed by atoms with van der Waals surface area (Å²) in [5.41, 5.74) is 1.41. The molecule has 20 heavy (non-hydrogen) atoms. The molecular formula is C15H17NO4. The largest absolute Gasteiger partial charge is 0.486 e. The molecule has 3 rings (SSSR count). The van der Waals surface area contributed by atoms with E-state index in [4.69, 9.17) is 14.2 Å². The van der Waals surface area contributed by atoms with Gasteiger partial charge in [0.05, 0.1) is 6.61 Å². The van der Waals surface area contributed by atoms with Crippen molar-refractivity contribution in [3.05, 3.63) is 23.3 Å². The van der Waals surface area contributed by atoms with E-state index < -0.39 is 5.54 Å². The summed E-state index contributed by atoms with van der Waals surface area (Å²) in [7, 11) is 1.65. The summed E-state index contributed by atoms with van der Waals surface area (Å²) >= 11 is 0. The van der Waals surface area contributed by atoms with Crippen molar-refractivity contribution in [2.24, 2.45) is 4.99 Å². The molecule has 1 fully saturated rings. The normalized spacial score (nSPS) is 18.9. The molecule has 5 heteroatoms. The SMILES string of the molecule is COCc1ccc(C2(N=C=O)CCC2)c2c1OCCO2. The fourth-order valence-corrected chi connectivity index (χ4v) is 2.87. The van der Waals surface area contributed by atoms with E-state index in [0.717, 1.165) is 36.1 Å². The second kappa shape index (κ2) is 5.27. The maximum atomic E-state index is 10.7. The zero-order valence-corrected chi connectivity index (χ0v) is 11.5. The Morgan fingerprint density at radius 2 is 2.05 bits per heavy atom. The lowest BCUT2D eigenvalue weighted by molar-refractivity contribution is 0.146. The topological polar surface area (TPSA) is 57.1 Å². The Morgan fingerprint density at radius 1 is 1.30 bits per heavy atom. The molecule has 1 aromatic rings. The second-order valence-electron chi connectivity index (χ2n) is 5.15. The smallest absolute Gasteiger partial charge is 0.235 e. The van der Waals surface area contributed by atoms with Crippen LogP contribution in [0.1, 0.15) is 30.4 Å². The third-order valence-corrected chi connectivity index (χ3v) is 4.01. The molecule has 0 aromatic heterocycles. The number of carbonyl (C=O) groups excluding carboxylic acids is 1. The Hall–Kier alpha value is -1.84. The first kappa shape index (κ1) is 13.2. The highest BCUT2D eigenvalue weighted by Crippen LogP contribution is 2.51. The van der Waals surface area contributed by atoms with Crippen molar-refractivity contribution in [3.63, 3.8) is 0 Å². The number of rotatable bonds is 4. The standard InChI is InChI=1S/C15H17NO4/c1-18-9-11-3-4-12(14-13(11)19-7-8-20-14)15(16-10-17)5-2-6-15/h3-4H,2,5-9H2,1H3. The molecule has 1 aromatic carbocycles. The van der Waals surface area contributed by atoms with E-state index in [0.29, 0.717) is 25.6 Å². The van der Waals surface area contributed by atoms with Crippen LogP contribution >= 0.6 is 0 Å². The first-order valence-corrected chi connectivity index (χ1v) is 6.81. The van der Waals surface area contributed by atoms with Gasteiger partial charge in [-0.3, -0.25) is 0 Å². The minimum Gasteiger partial charge on any atom is -0.486 e. The Kier molecular flexibility index (Phi) is 3.47.